The molecule has 184 valence electrons. The smallest absolute Gasteiger partial charge is 0.225 e. The predicted octanol–water partition coefficient (Wildman–Crippen LogP) is 6.62. The van der Waals surface area contributed by atoms with Crippen LogP contribution < -0.4 is 10.1 Å². The summed E-state index contributed by atoms with van der Waals surface area (Å²) in [7, 11) is 1.65. The van der Waals surface area contributed by atoms with Crippen LogP contribution in [0.15, 0.2) is 66.9 Å². The van der Waals surface area contributed by atoms with E-state index in [4.69, 9.17) is 4.74 Å². The fourth-order valence-corrected chi connectivity index (χ4v) is 4.82. The highest BCUT2D eigenvalue weighted by Crippen LogP contribution is 2.28. The van der Waals surface area contributed by atoms with Crippen LogP contribution in [0.1, 0.15) is 49.3 Å². The summed E-state index contributed by atoms with van der Waals surface area (Å²) in [6.07, 6.45) is 5.03. The number of aryl methyl sites for hydroxylation is 1. The number of rotatable bonds is 9. The number of aromatic amines is 2. The van der Waals surface area contributed by atoms with E-state index in [2.05, 4.69) is 57.5 Å². The first kappa shape index (κ1) is 23.7. The Balaban J connectivity index is 1.37. The van der Waals surface area contributed by atoms with Crippen LogP contribution in [0.3, 0.4) is 0 Å². The lowest BCUT2D eigenvalue weighted by atomic mass is 10.1. The van der Waals surface area contributed by atoms with Gasteiger partial charge in [0.05, 0.1) is 31.5 Å². The predicted molar refractivity (Wildman–Crippen MR) is 145 cm³/mol. The van der Waals surface area contributed by atoms with Crippen molar-refractivity contribution in [2.45, 2.75) is 45.6 Å². The van der Waals surface area contributed by atoms with Gasteiger partial charge in [-0.3, -0.25) is 4.79 Å². The van der Waals surface area contributed by atoms with E-state index in [0.29, 0.717) is 6.42 Å². The molecule has 5 rings (SSSR count). The summed E-state index contributed by atoms with van der Waals surface area (Å²) < 4.78 is 5.39. The molecular weight excluding hydrogens is 448 g/mol. The minimum absolute atomic E-state index is 0.0217. The van der Waals surface area contributed by atoms with Gasteiger partial charge in [0.15, 0.2) is 0 Å². The number of hydrogen-bond acceptors (Lipinski definition) is 3. The van der Waals surface area contributed by atoms with E-state index in [1.54, 1.807) is 7.11 Å². The minimum Gasteiger partial charge on any atom is -0.497 e. The second kappa shape index (κ2) is 10.3. The molecule has 0 radical (unpaired) electrons. The van der Waals surface area contributed by atoms with Gasteiger partial charge in [-0.25, -0.2) is 4.98 Å². The van der Waals surface area contributed by atoms with Crippen molar-refractivity contribution in [1.29, 1.82) is 0 Å². The van der Waals surface area contributed by atoms with E-state index in [-0.39, 0.29) is 11.9 Å². The zero-order valence-corrected chi connectivity index (χ0v) is 21.0. The van der Waals surface area contributed by atoms with Gasteiger partial charge in [0, 0.05) is 22.2 Å². The monoisotopic (exact) mass is 480 g/mol. The lowest BCUT2D eigenvalue weighted by Crippen LogP contribution is -2.30. The van der Waals surface area contributed by atoms with Gasteiger partial charge in [0.2, 0.25) is 5.91 Å². The molecule has 3 N–H and O–H groups in total. The van der Waals surface area contributed by atoms with Crippen molar-refractivity contribution in [2.75, 3.05) is 7.11 Å². The van der Waals surface area contributed by atoms with Gasteiger partial charge in [-0.05, 0) is 53.9 Å². The third kappa shape index (κ3) is 4.85. The van der Waals surface area contributed by atoms with Gasteiger partial charge in [-0.1, -0.05) is 56.2 Å². The number of H-pyrrole nitrogens is 2. The molecule has 0 spiro atoms. The van der Waals surface area contributed by atoms with E-state index in [9.17, 15) is 4.79 Å². The number of nitrogens with zero attached hydrogens (tertiary/aromatic N) is 1. The average molecular weight is 481 g/mol. The Kier molecular flexibility index (Phi) is 6.76. The Morgan fingerprint density at radius 2 is 1.89 bits per heavy atom. The second-order valence-corrected chi connectivity index (χ2v) is 9.32. The Labute approximate surface area is 211 Å². The number of aromatic nitrogens is 3. The summed E-state index contributed by atoms with van der Waals surface area (Å²) in [6, 6.07) is 20.4. The van der Waals surface area contributed by atoms with Crippen molar-refractivity contribution < 1.29 is 9.53 Å². The molecule has 6 heteroatoms. The molecule has 1 amide bonds. The summed E-state index contributed by atoms with van der Waals surface area (Å²) in [5.41, 5.74) is 5.02. The Morgan fingerprint density at radius 1 is 1.06 bits per heavy atom. The van der Waals surface area contributed by atoms with Crippen molar-refractivity contribution >= 4 is 27.6 Å². The van der Waals surface area contributed by atoms with E-state index in [1.807, 2.05) is 43.5 Å². The van der Waals surface area contributed by atoms with Crippen LogP contribution >= 0.6 is 0 Å². The van der Waals surface area contributed by atoms with Crippen LogP contribution in [0.25, 0.3) is 32.9 Å². The highest BCUT2D eigenvalue weighted by molar-refractivity contribution is 5.91. The van der Waals surface area contributed by atoms with Crippen molar-refractivity contribution in [3.8, 4) is 17.0 Å². The first-order valence-corrected chi connectivity index (χ1v) is 12.5. The number of hydrogen-bond donors (Lipinski definition) is 3. The molecule has 0 aliphatic heterocycles. The van der Waals surface area contributed by atoms with Crippen LogP contribution in [0.2, 0.25) is 0 Å². The van der Waals surface area contributed by atoms with Crippen LogP contribution in [-0.4, -0.2) is 28.0 Å². The molecule has 5 aromatic rings. The van der Waals surface area contributed by atoms with Crippen LogP contribution in [-0.2, 0) is 11.2 Å². The SMILES string of the molecule is CCCC[C@H](NC(=O)Cc1c(C)[nH]c2ccc(OC)cc12)c1ncc(-c2ccc3ccccc3c2)[nH]1. The summed E-state index contributed by atoms with van der Waals surface area (Å²) in [6.45, 7) is 4.16. The number of ether oxygens (including phenoxy) is 1. The summed E-state index contributed by atoms with van der Waals surface area (Å²) in [5.74, 6) is 1.55. The molecule has 0 fully saturated rings. The molecule has 0 saturated carbocycles. The Bertz CT molecular complexity index is 1510. The molecular formula is C30H32N4O2. The van der Waals surface area contributed by atoms with Crippen LogP contribution in [0.4, 0.5) is 0 Å². The van der Waals surface area contributed by atoms with E-state index < -0.39 is 0 Å². The average Bonchev–Trinajstić information content (AvgIpc) is 3.51. The Hall–Kier alpha value is -4.06. The van der Waals surface area contributed by atoms with Crippen molar-refractivity contribution in [3.05, 3.63) is 83.9 Å². The molecule has 3 aromatic carbocycles. The first-order valence-electron chi connectivity index (χ1n) is 12.5. The number of amides is 1. The number of carbonyl (C=O) groups is 1. The molecule has 0 aliphatic carbocycles. The van der Waals surface area contributed by atoms with Gasteiger partial charge >= 0.3 is 0 Å². The standard InChI is InChI=1S/C30H32N4O2/c1-4-5-10-27(30-31-18-28(34-30)22-12-11-20-8-6-7-9-21(20)15-22)33-29(35)17-24-19(2)32-26-14-13-23(36-3)16-25(24)26/h6-9,11-16,18,27,32H,4-5,10,17H2,1-3H3,(H,31,34)(H,33,35)/t27-/m0/s1. The number of benzene rings is 3. The quantitative estimate of drug-likeness (QED) is 0.222. The number of nitrogens with one attached hydrogen (secondary N) is 3. The summed E-state index contributed by atoms with van der Waals surface area (Å²) in [4.78, 5) is 24.8. The van der Waals surface area contributed by atoms with Crippen LogP contribution in [0.5, 0.6) is 5.75 Å². The number of carbonyl (C=O) groups excluding carboxylic acids is 1. The molecule has 0 unspecified atom stereocenters. The van der Waals surface area contributed by atoms with E-state index in [1.165, 1.54) is 10.8 Å². The molecule has 0 bridgehead atoms. The highest BCUT2D eigenvalue weighted by Gasteiger charge is 2.20. The second-order valence-electron chi connectivity index (χ2n) is 9.32. The lowest BCUT2D eigenvalue weighted by Gasteiger charge is -2.17. The molecule has 2 heterocycles. The van der Waals surface area contributed by atoms with Crippen molar-refractivity contribution in [3.63, 3.8) is 0 Å². The third-order valence-corrected chi connectivity index (χ3v) is 6.83. The fraction of sp³-hybridized carbons (Fsp3) is 0.267. The normalized spacial score (nSPS) is 12.2. The minimum atomic E-state index is -0.174. The number of imidazole rings is 1. The van der Waals surface area contributed by atoms with Gasteiger partial charge in [-0.2, -0.15) is 0 Å². The topological polar surface area (TPSA) is 82.8 Å². The number of unbranched alkanes of at least 4 members (excludes halogenated alkanes) is 1. The molecule has 2 aromatic heterocycles. The van der Waals surface area contributed by atoms with Crippen molar-refractivity contribution in [2.24, 2.45) is 0 Å². The maximum Gasteiger partial charge on any atom is 0.225 e. The largest absolute Gasteiger partial charge is 0.497 e. The number of methoxy groups -OCH3 is 1. The zero-order chi connectivity index (χ0) is 25.1. The van der Waals surface area contributed by atoms with Crippen LogP contribution in [0, 0.1) is 6.92 Å². The maximum atomic E-state index is 13.2. The van der Waals surface area contributed by atoms with Crippen molar-refractivity contribution in [1.82, 2.24) is 20.3 Å². The molecule has 36 heavy (non-hydrogen) atoms. The van der Waals surface area contributed by atoms with E-state index in [0.717, 1.165) is 64.3 Å². The van der Waals surface area contributed by atoms with Gasteiger partial charge in [-0.15, -0.1) is 0 Å². The van der Waals surface area contributed by atoms with Gasteiger partial charge < -0.3 is 20.0 Å². The lowest BCUT2D eigenvalue weighted by molar-refractivity contribution is -0.121. The molecule has 6 nitrogen and oxygen atoms in total. The first-order chi connectivity index (χ1) is 17.6. The third-order valence-electron chi connectivity index (χ3n) is 6.83. The molecule has 0 saturated heterocycles. The maximum absolute atomic E-state index is 13.2. The Morgan fingerprint density at radius 3 is 2.69 bits per heavy atom. The molecule has 0 aliphatic rings. The number of fused-ring (bicyclic) bond motifs is 2. The molecule has 1 atom stereocenters. The van der Waals surface area contributed by atoms with Gasteiger partial charge in [0.1, 0.15) is 11.6 Å². The zero-order valence-electron chi connectivity index (χ0n) is 21.0. The highest BCUT2D eigenvalue weighted by atomic mass is 16.5. The van der Waals surface area contributed by atoms with Gasteiger partial charge in [0.25, 0.3) is 0 Å². The summed E-state index contributed by atoms with van der Waals surface area (Å²) >= 11 is 0. The fourth-order valence-electron chi connectivity index (χ4n) is 4.82. The summed E-state index contributed by atoms with van der Waals surface area (Å²) in [5, 5.41) is 6.66. The van der Waals surface area contributed by atoms with E-state index >= 15 is 0 Å².